The molecule has 8 nitrogen and oxygen atoms in total. The number of hydrogen-bond donors (Lipinski definition) is 1. The summed E-state index contributed by atoms with van der Waals surface area (Å²) >= 11 is 6.15. The Labute approximate surface area is 210 Å². The number of carbonyl (C=O) groups excluding carboxylic acids is 2. The predicted octanol–water partition coefficient (Wildman–Crippen LogP) is 2.72. The van der Waals surface area contributed by atoms with Crippen LogP contribution in [-0.4, -0.2) is 89.5 Å². The Hall–Kier alpha value is -3.36. The quantitative estimate of drug-likeness (QED) is 0.695. The van der Waals surface area contributed by atoms with E-state index in [1.165, 1.54) is 10.5 Å². The van der Waals surface area contributed by atoms with Crippen molar-refractivity contribution in [2.75, 3.05) is 39.8 Å². The molecule has 2 saturated heterocycles. The van der Waals surface area contributed by atoms with Crippen LogP contribution < -0.4 is 5.32 Å². The number of amides is 3. The number of nitrogens with one attached hydrogen (secondary N) is 1. The van der Waals surface area contributed by atoms with Gasteiger partial charge in [0.15, 0.2) is 18.2 Å². The summed E-state index contributed by atoms with van der Waals surface area (Å²) in [6.45, 7) is 4.68. The van der Waals surface area contributed by atoms with Crippen LogP contribution in [0.3, 0.4) is 0 Å². The maximum absolute atomic E-state index is 12.9. The Kier molecular flexibility index (Phi) is 6.74. The topological polar surface area (TPSA) is 71.5 Å². The van der Waals surface area contributed by atoms with Crippen LogP contribution in [0, 0.1) is 0 Å². The van der Waals surface area contributed by atoms with Gasteiger partial charge in [0.1, 0.15) is 0 Å². The summed E-state index contributed by atoms with van der Waals surface area (Å²) in [5, 5.41) is 3.22. The number of urea groups is 1. The Morgan fingerprint density at radius 1 is 1.06 bits per heavy atom. The minimum Gasteiger partial charge on any atom is -0.340 e. The molecule has 2 fully saturated rings. The van der Waals surface area contributed by atoms with Crippen molar-refractivity contribution in [3.8, 4) is 0 Å². The molecule has 0 bridgehead atoms. The highest BCUT2D eigenvalue weighted by atomic mass is 35.5. The lowest BCUT2D eigenvalue weighted by Crippen LogP contribution is -2.64. The molecular weight excluding hydrogens is 464 g/mol. The van der Waals surface area contributed by atoms with Gasteiger partial charge in [-0.3, -0.25) is 15.0 Å². The number of imide groups is 1. The number of guanidine groups is 1. The number of hydrogen-bond acceptors (Lipinski definition) is 6. The molecule has 0 radical (unpaired) electrons. The molecule has 3 aliphatic rings. The van der Waals surface area contributed by atoms with E-state index in [9.17, 15) is 9.59 Å². The Bertz CT molecular complexity index is 1150. The maximum atomic E-state index is 12.9. The van der Waals surface area contributed by atoms with Gasteiger partial charge in [-0.1, -0.05) is 66.2 Å². The third kappa shape index (κ3) is 5.04. The van der Waals surface area contributed by atoms with Gasteiger partial charge in [0.05, 0.1) is 0 Å². The maximum Gasteiger partial charge on any atom is 0.325 e. The van der Waals surface area contributed by atoms with Gasteiger partial charge in [-0.25, -0.2) is 9.79 Å². The first kappa shape index (κ1) is 23.4. The monoisotopic (exact) mass is 492 g/mol. The van der Waals surface area contributed by atoms with Crippen molar-refractivity contribution < 1.29 is 9.59 Å². The number of benzene rings is 2. The van der Waals surface area contributed by atoms with Crippen LogP contribution in [0.2, 0.25) is 5.02 Å². The molecule has 2 aromatic rings. The van der Waals surface area contributed by atoms with Gasteiger partial charge in [0.25, 0.3) is 5.91 Å². The third-order valence-electron chi connectivity index (χ3n) is 6.70. The second kappa shape index (κ2) is 10.1. The number of rotatable bonds is 5. The Morgan fingerprint density at radius 2 is 1.83 bits per heavy atom. The van der Waals surface area contributed by atoms with Crippen LogP contribution >= 0.6 is 11.6 Å². The number of carbonyl (C=O) groups is 2. The van der Waals surface area contributed by atoms with E-state index < -0.39 is 18.2 Å². The Morgan fingerprint density at radius 3 is 2.57 bits per heavy atom. The fourth-order valence-corrected chi connectivity index (χ4v) is 5.05. The SMILES string of the molecule is CN1C(=O)NC(=O)C2C1N=C(N1CCN(Cc3cccc(Cl)c3)CC1)N2C/C=C/c1ccccc1. The van der Waals surface area contributed by atoms with Crippen LogP contribution in [0.15, 0.2) is 65.7 Å². The average molecular weight is 493 g/mol. The first-order valence-electron chi connectivity index (χ1n) is 11.8. The number of piperazine rings is 1. The first-order chi connectivity index (χ1) is 17.0. The zero-order valence-corrected chi connectivity index (χ0v) is 20.4. The van der Waals surface area contributed by atoms with Crippen molar-refractivity contribution in [1.29, 1.82) is 0 Å². The number of halogens is 1. The zero-order valence-electron chi connectivity index (χ0n) is 19.7. The second-order valence-corrected chi connectivity index (χ2v) is 9.49. The summed E-state index contributed by atoms with van der Waals surface area (Å²) in [5.74, 6) is 0.473. The van der Waals surface area contributed by atoms with Crippen molar-refractivity contribution in [1.82, 2.24) is 24.9 Å². The smallest absolute Gasteiger partial charge is 0.325 e. The van der Waals surface area contributed by atoms with Crippen LogP contribution in [0.1, 0.15) is 11.1 Å². The van der Waals surface area contributed by atoms with E-state index in [1.807, 2.05) is 65.6 Å². The van der Waals surface area contributed by atoms with Crippen molar-refractivity contribution in [3.05, 3.63) is 76.8 Å². The van der Waals surface area contributed by atoms with Crippen molar-refractivity contribution in [2.45, 2.75) is 18.8 Å². The summed E-state index contributed by atoms with van der Waals surface area (Å²) in [4.78, 5) is 38.1. The minimum atomic E-state index is -0.544. The summed E-state index contributed by atoms with van der Waals surface area (Å²) in [5.41, 5.74) is 2.29. The standard InChI is InChI=1S/C26H29ClN6O2/c1-30-23-22(24(34)29-26(30)35)33(12-6-10-19-7-3-2-4-8-19)25(28-23)32-15-13-31(14-16-32)18-20-9-5-11-21(27)17-20/h2-11,17,22-23H,12-16,18H2,1H3,(H,29,34,35)/b10-6+. The molecule has 3 aliphatic heterocycles. The van der Waals surface area contributed by atoms with E-state index in [4.69, 9.17) is 16.6 Å². The molecule has 9 heteroatoms. The molecular formula is C26H29ClN6O2. The number of likely N-dealkylation sites (N-methyl/N-ethyl adjacent to an activating group) is 1. The van der Waals surface area contributed by atoms with E-state index in [0.29, 0.717) is 6.54 Å². The number of fused-ring (bicyclic) bond motifs is 1. The average Bonchev–Trinajstić information content (AvgIpc) is 3.24. The number of aliphatic imine (C=N–C) groups is 1. The van der Waals surface area contributed by atoms with E-state index in [-0.39, 0.29) is 5.91 Å². The van der Waals surface area contributed by atoms with Gasteiger partial charge in [-0.15, -0.1) is 0 Å². The number of nitrogens with zero attached hydrogens (tertiary/aromatic N) is 5. The van der Waals surface area contributed by atoms with E-state index >= 15 is 0 Å². The van der Waals surface area contributed by atoms with Crippen molar-refractivity contribution in [3.63, 3.8) is 0 Å². The molecule has 182 valence electrons. The van der Waals surface area contributed by atoms with Gasteiger partial charge in [-0.05, 0) is 23.3 Å². The van der Waals surface area contributed by atoms with Crippen LogP contribution in [0.5, 0.6) is 0 Å². The first-order valence-corrected chi connectivity index (χ1v) is 12.2. The summed E-state index contributed by atoms with van der Waals surface area (Å²) in [6, 6.07) is 17.1. The summed E-state index contributed by atoms with van der Waals surface area (Å²) in [6.07, 6.45) is 3.57. The lowest BCUT2D eigenvalue weighted by molar-refractivity contribution is -0.127. The highest BCUT2D eigenvalue weighted by Crippen LogP contribution is 2.26. The van der Waals surface area contributed by atoms with Crippen LogP contribution in [0.25, 0.3) is 6.08 Å². The van der Waals surface area contributed by atoms with Crippen molar-refractivity contribution in [2.24, 2.45) is 4.99 Å². The molecule has 0 spiro atoms. The molecule has 1 N–H and O–H groups in total. The van der Waals surface area contributed by atoms with E-state index in [2.05, 4.69) is 21.2 Å². The van der Waals surface area contributed by atoms with E-state index in [1.54, 1.807) is 7.05 Å². The lowest BCUT2D eigenvalue weighted by Gasteiger charge is -2.40. The zero-order chi connectivity index (χ0) is 24.4. The lowest BCUT2D eigenvalue weighted by atomic mass is 10.1. The highest BCUT2D eigenvalue weighted by Gasteiger charge is 2.49. The summed E-state index contributed by atoms with van der Waals surface area (Å²) < 4.78 is 0. The predicted molar refractivity (Wildman–Crippen MR) is 137 cm³/mol. The van der Waals surface area contributed by atoms with Gasteiger partial charge in [0.2, 0.25) is 0 Å². The Balaban J connectivity index is 1.31. The largest absolute Gasteiger partial charge is 0.340 e. The van der Waals surface area contributed by atoms with Crippen LogP contribution in [0.4, 0.5) is 4.79 Å². The van der Waals surface area contributed by atoms with Gasteiger partial charge >= 0.3 is 6.03 Å². The molecule has 2 unspecified atom stereocenters. The molecule has 0 saturated carbocycles. The molecule has 35 heavy (non-hydrogen) atoms. The summed E-state index contributed by atoms with van der Waals surface area (Å²) in [7, 11) is 1.69. The molecule has 5 rings (SSSR count). The van der Waals surface area contributed by atoms with Crippen LogP contribution in [-0.2, 0) is 11.3 Å². The normalized spacial score (nSPS) is 23.0. The molecule has 0 aromatic heterocycles. The van der Waals surface area contributed by atoms with Gasteiger partial charge in [0, 0.05) is 51.3 Å². The molecule has 3 amide bonds. The fourth-order valence-electron chi connectivity index (χ4n) is 4.84. The molecule has 3 heterocycles. The van der Waals surface area contributed by atoms with Gasteiger partial charge < -0.3 is 14.7 Å². The second-order valence-electron chi connectivity index (χ2n) is 9.05. The highest BCUT2D eigenvalue weighted by molar-refractivity contribution is 6.30. The van der Waals surface area contributed by atoms with Crippen molar-refractivity contribution >= 4 is 35.6 Å². The molecule has 2 aromatic carbocycles. The fraction of sp³-hybridized carbons (Fsp3) is 0.346. The third-order valence-corrected chi connectivity index (χ3v) is 6.94. The molecule has 2 atom stereocenters. The van der Waals surface area contributed by atoms with E-state index in [0.717, 1.165) is 49.3 Å². The minimum absolute atomic E-state index is 0.301. The van der Waals surface area contributed by atoms with Gasteiger partial charge in [-0.2, -0.15) is 0 Å². The molecule has 0 aliphatic carbocycles.